The molecule has 0 atom stereocenters. The van der Waals surface area contributed by atoms with Crippen LogP contribution in [0.15, 0.2) is 53.4 Å². The Morgan fingerprint density at radius 3 is 2.57 bits per heavy atom. The molecule has 0 amide bonds. The first-order valence-electron chi connectivity index (χ1n) is 6.18. The maximum absolute atomic E-state index is 12.4. The molecule has 0 saturated carbocycles. The van der Waals surface area contributed by atoms with Crippen LogP contribution in [0.25, 0.3) is 0 Å². The summed E-state index contributed by atoms with van der Waals surface area (Å²) >= 11 is 0. The van der Waals surface area contributed by atoms with Crippen LogP contribution in [0.4, 0.5) is 0 Å². The van der Waals surface area contributed by atoms with Gasteiger partial charge in [0.1, 0.15) is 5.75 Å². The Morgan fingerprint density at radius 2 is 1.90 bits per heavy atom. The number of rotatable bonds is 4. The van der Waals surface area contributed by atoms with Crippen LogP contribution in [-0.4, -0.2) is 24.9 Å². The number of phenolic OH excluding ortho intramolecular Hbond substituents is 1. The normalized spacial score (nSPS) is 11.3. The summed E-state index contributed by atoms with van der Waals surface area (Å²) < 4.78 is 26.0. The molecule has 108 valence electrons. The highest BCUT2D eigenvalue weighted by molar-refractivity contribution is 7.89. The van der Waals surface area contributed by atoms with E-state index in [-0.39, 0.29) is 17.2 Å². The minimum Gasteiger partial charge on any atom is -0.508 e. The molecule has 0 fully saturated rings. The maximum atomic E-state index is 12.4. The average Bonchev–Trinajstić information content (AvgIpc) is 2.47. The third-order valence-corrected chi connectivity index (χ3v) is 4.79. The van der Waals surface area contributed by atoms with Crippen LogP contribution in [0.2, 0.25) is 0 Å². The first kappa shape index (κ1) is 15.0. The summed E-state index contributed by atoms with van der Waals surface area (Å²) in [4.78, 5) is 0.0291. The van der Waals surface area contributed by atoms with Gasteiger partial charge in [-0.05, 0) is 35.9 Å². The minimum absolute atomic E-state index is 0.0291. The quantitative estimate of drug-likeness (QED) is 0.937. The molecule has 0 saturated heterocycles. The smallest absolute Gasteiger partial charge is 0.243 e. The molecule has 0 aromatic heterocycles. The third-order valence-electron chi connectivity index (χ3n) is 2.99. The molecule has 1 N–H and O–H groups in total. The zero-order chi connectivity index (χ0) is 15.5. The molecule has 21 heavy (non-hydrogen) atoms. The lowest BCUT2D eigenvalue weighted by Gasteiger charge is -2.17. The number of phenols is 1. The number of nitriles is 1. The zero-order valence-corrected chi connectivity index (χ0v) is 12.2. The highest BCUT2D eigenvalue weighted by Gasteiger charge is 2.21. The lowest BCUT2D eigenvalue weighted by atomic mass is 10.1. The van der Waals surface area contributed by atoms with E-state index in [4.69, 9.17) is 5.26 Å². The molecular weight excluding hydrogens is 288 g/mol. The van der Waals surface area contributed by atoms with Crippen molar-refractivity contribution in [1.29, 1.82) is 5.26 Å². The Bertz CT molecular complexity index is 795. The Labute approximate surface area is 123 Å². The van der Waals surface area contributed by atoms with Crippen LogP contribution in [0.5, 0.6) is 5.75 Å². The summed E-state index contributed by atoms with van der Waals surface area (Å²) in [6, 6.07) is 14.3. The first-order chi connectivity index (χ1) is 9.93. The number of nitrogens with zero attached hydrogens (tertiary/aromatic N) is 2. The molecule has 0 aliphatic carbocycles. The number of sulfonamides is 1. The summed E-state index contributed by atoms with van der Waals surface area (Å²) in [6.45, 7) is 0.146. The highest BCUT2D eigenvalue weighted by Crippen LogP contribution is 2.20. The first-order valence-corrected chi connectivity index (χ1v) is 7.62. The van der Waals surface area contributed by atoms with E-state index in [9.17, 15) is 13.5 Å². The van der Waals surface area contributed by atoms with Crippen molar-refractivity contribution < 1.29 is 13.5 Å². The highest BCUT2D eigenvalue weighted by atomic mass is 32.2. The number of aromatic hydroxyl groups is 1. The number of hydrogen-bond donors (Lipinski definition) is 1. The summed E-state index contributed by atoms with van der Waals surface area (Å²) in [5.74, 6) is -0.101. The van der Waals surface area contributed by atoms with Crippen LogP contribution < -0.4 is 0 Å². The Balaban J connectivity index is 2.27. The molecular formula is C15H14N2O3S. The second-order valence-corrected chi connectivity index (χ2v) is 6.62. The van der Waals surface area contributed by atoms with E-state index in [1.54, 1.807) is 24.3 Å². The molecule has 0 aliphatic heterocycles. The van der Waals surface area contributed by atoms with E-state index in [2.05, 4.69) is 0 Å². The van der Waals surface area contributed by atoms with Crippen molar-refractivity contribution in [3.63, 3.8) is 0 Å². The summed E-state index contributed by atoms with van der Waals surface area (Å²) in [6.07, 6.45) is 0. The third kappa shape index (κ3) is 3.40. The molecule has 2 aromatic carbocycles. The van der Waals surface area contributed by atoms with E-state index in [1.165, 1.54) is 35.6 Å². The second kappa shape index (κ2) is 5.95. The van der Waals surface area contributed by atoms with Crippen LogP contribution in [0.3, 0.4) is 0 Å². The fourth-order valence-corrected chi connectivity index (χ4v) is 3.10. The fraction of sp³-hybridized carbons (Fsp3) is 0.133. The van der Waals surface area contributed by atoms with Gasteiger partial charge in [-0.25, -0.2) is 8.42 Å². The van der Waals surface area contributed by atoms with Crippen molar-refractivity contribution in [2.24, 2.45) is 0 Å². The molecule has 5 nitrogen and oxygen atoms in total. The molecule has 0 spiro atoms. The fourth-order valence-electron chi connectivity index (χ4n) is 1.91. The van der Waals surface area contributed by atoms with Gasteiger partial charge in [0.25, 0.3) is 0 Å². The lowest BCUT2D eigenvalue weighted by molar-refractivity contribution is 0.460. The molecule has 6 heteroatoms. The molecule has 0 radical (unpaired) electrons. The van der Waals surface area contributed by atoms with Gasteiger partial charge in [0.2, 0.25) is 10.0 Å². The Morgan fingerprint density at radius 1 is 1.19 bits per heavy atom. The van der Waals surface area contributed by atoms with Crippen LogP contribution in [-0.2, 0) is 16.6 Å². The van der Waals surface area contributed by atoms with Gasteiger partial charge in [0.15, 0.2) is 0 Å². The molecule has 0 bridgehead atoms. The largest absolute Gasteiger partial charge is 0.508 e. The van der Waals surface area contributed by atoms with Crippen LogP contribution >= 0.6 is 0 Å². The van der Waals surface area contributed by atoms with Gasteiger partial charge in [-0.1, -0.05) is 18.2 Å². The second-order valence-electron chi connectivity index (χ2n) is 4.57. The molecule has 0 unspecified atom stereocenters. The van der Waals surface area contributed by atoms with Crippen LogP contribution in [0, 0.1) is 11.3 Å². The van der Waals surface area contributed by atoms with E-state index in [0.29, 0.717) is 5.56 Å². The van der Waals surface area contributed by atoms with Crippen molar-refractivity contribution in [3.05, 3.63) is 59.7 Å². The Kier molecular flexibility index (Phi) is 4.26. The van der Waals surface area contributed by atoms with Gasteiger partial charge in [0, 0.05) is 13.6 Å². The number of benzene rings is 2. The predicted octanol–water partition coefficient (Wildman–Crippen LogP) is 2.08. The molecule has 0 heterocycles. The average molecular weight is 302 g/mol. The van der Waals surface area contributed by atoms with E-state index < -0.39 is 10.0 Å². The van der Waals surface area contributed by atoms with Gasteiger partial charge in [-0.2, -0.15) is 9.57 Å². The van der Waals surface area contributed by atoms with Crippen molar-refractivity contribution in [2.75, 3.05) is 7.05 Å². The van der Waals surface area contributed by atoms with Crippen molar-refractivity contribution in [2.45, 2.75) is 11.4 Å². The topological polar surface area (TPSA) is 81.4 Å². The zero-order valence-electron chi connectivity index (χ0n) is 11.4. The van der Waals surface area contributed by atoms with Gasteiger partial charge >= 0.3 is 0 Å². The monoisotopic (exact) mass is 302 g/mol. The van der Waals surface area contributed by atoms with E-state index in [0.717, 1.165) is 5.56 Å². The molecule has 0 aliphatic rings. The van der Waals surface area contributed by atoms with Crippen molar-refractivity contribution in [1.82, 2.24) is 4.31 Å². The van der Waals surface area contributed by atoms with Gasteiger partial charge in [0.05, 0.1) is 16.5 Å². The van der Waals surface area contributed by atoms with Gasteiger partial charge in [-0.3, -0.25) is 0 Å². The van der Waals surface area contributed by atoms with Crippen molar-refractivity contribution in [3.8, 4) is 11.8 Å². The van der Waals surface area contributed by atoms with E-state index in [1.807, 2.05) is 6.07 Å². The molecule has 2 aromatic rings. The Hall–Kier alpha value is -2.36. The van der Waals surface area contributed by atoms with Crippen molar-refractivity contribution >= 4 is 10.0 Å². The minimum atomic E-state index is -3.69. The molecule has 2 rings (SSSR count). The summed E-state index contributed by atoms with van der Waals surface area (Å²) in [7, 11) is -2.23. The summed E-state index contributed by atoms with van der Waals surface area (Å²) in [5.41, 5.74) is 1.20. The summed E-state index contributed by atoms with van der Waals surface area (Å²) in [5, 5.41) is 18.3. The standard InChI is InChI=1S/C15H14N2O3S/c1-17(11-13-5-2-4-12(8-13)10-16)21(19,20)15-7-3-6-14(18)9-15/h2-9,18H,11H2,1H3. The van der Waals surface area contributed by atoms with Gasteiger partial charge < -0.3 is 5.11 Å². The SMILES string of the molecule is CN(Cc1cccc(C#N)c1)S(=O)(=O)c1cccc(O)c1. The predicted molar refractivity (Wildman–Crippen MR) is 77.9 cm³/mol. The van der Waals surface area contributed by atoms with Crippen LogP contribution in [0.1, 0.15) is 11.1 Å². The van der Waals surface area contributed by atoms with E-state index >= 15 is 0 Å². The number of hydrogen-bond acceptors (Lipinski definition) is 4. The van der Waals surface area contributed by atoms with Gasteiger partial charge in [-0.15, -0.1) is 0 Å². The maximum Gasteiger partial charge on any atom is 0.243 e. The lowest BCUT2D eigenvalue weighted by Crippen LogP contribution is -2.26.